The minimum Gasteiger partial charge on any atom is -0.392 e. The highest BCUT2D eigenvalue weighted by Gasteiger charge is 2.17. The van der Waals surface area contributed by atoms with Gasteiger partial charge in [-0.1, -0.05) is 39.3 Å². The molecule has 0 aliphatic carbocycles. The van der Waals surface area contributed by atoms with Crippen molar-refractivity contribution in [1.29, 1.82) is 0 Å². The van der Waals surface area contributed by atoms with E-state index in [2.05, 4.69) is 38.0 Å². The molecule has 0 saturated carbocycles. The number of nitrogens with one attached hydrogen (secondary N) is 1. The van der Waals surface area contributed by atoms with Crippen molar-refractivity contribution in [2.24, 2.45) is 17.8 Å². The van der Waals surface area contributed by atoms with Crippen LogP contribution in [-0.2, 0) is 6.61 Å². The molecule has 2 N–H and O–H groups in total. The van der Waals surface area contributed by atoms with Gasteiger partial charge in [-0.15, -0.1) is 0 Å². The van der Waals surface area contributed by atoms with Crippen molar-refractivity contribution in [1.82, 2.24) is 4.98 Å². The number of rotatable bonds is 6. The number of aliphatic hydroxyl groups is 1. The van der Waals surface area contributed by atoms with Gasteiger partial charge in [0, 0.05) is 18.3 Å². The Morgan fingerprint density at radius 2 is 1.89 bits per heavy atom. The van der Waals surface area contributed by atoms with Crippen LogP contribution in [0, 0.1) is 17.8 Å². The Morgan fingerprint density at radius 1 is 1.28 bits per heavy atom. The summed E-state index contributed by atoms with van der Waals surface area (Å²) in [7, 11) is 0. The zero-order valence-corrected chi connectivity index (χ0v) is 12.3. The molecule has 1 heterocycles. The number of nitrogens with zero attached hydrogens (tertiary/aromatic N) is 1. The fraction of sp³-hybridized carbons (Fsp3) is 0.643. The van der Waals surface area contributed by atoms with Crippen LogP contribution in [-0.4, -0.2) is 16.6 Å². The molecular formula is C14H23ClN2O. The number of hydrogen-bond donors (Lipinski definition) is 2. The summed E-state index contributed by atoms with van der Waals surface area (Å²) in [5, 5.41) is 13.0. The fourth-order valence-corrected chi connectivity index (χ4v) is 2.32. The van der Waals surface area contributed by atoms with Crippen LogP contribution in [0.5, 0.6) is 0 Å². The lowest BCUT2D eigenvalue weighted by Gasteiger charge is -2.25. The second kappa shape index (κ2) is 6.95. The van der Waals surface area contributed by atoms with E-state index in [4.69, 9.17) is 16.7 Å². The summed E-state index contributed by atoms with van der Waals surface area (Å²) in [5.41, 5.74) is 0.708. The predicted octanol–water partition coefficient (Wildman–Crippen LogP) is 3.57. The monoisotopic (exact) mass is 270 g/mol. The SMILES string of the molecule is CC(C)C(CNc1cc(CO)c(Cl)cn1)C(C)C. The quantitative estimate of drug-likeness (QED) is 0.831. The van der Waals surface area contributed by atoms with Crippen LogP contribution >= 0.6 is 11.6 Å². The number of aliphatic hydroxyl groups excluding tert-OH is 1. The number of anilines is 1. The third kappa shape index (κ3) is 4.14. The Kier molecular flexibility index (Phi) is 5.89. The highest BCUT2D eigenvalue weighted by atomic mass is 35.5. The van der Waals surface area contributed by atoms with Crippen LogP contribution in [0.1, 0.15) is 33.3 Å². The minimum absolute atomic E-state index is 0.0617. The molecule has 0 bridgehead atoms. The van der Waals surface area contributed by atoms with Gasteiger partial charge in [-0.05, 0) is 23.8 Å². The summed E-state index contributed by atoms with van der Waals surface area (Å²) >= 11 is 5.91. The largest absolute Gasteiger partial charge is 0.392 e. The van der Waals surface area contributed by atoms with E-state index in [9.17, 15) is 0 Å². The molecule has 0 aliphatic rings. The number of halogens is 1. The van der Waals surface area contributed by atoms with Gasteiger partial charge in [0.1, 0.15) is 5.82 Å². The topological polar surface area (TPSA) is 45.1 Å². The average molecular weight is 271 g/mol. The van der Waals surface area contributed by atoms with Crippen molar-refractivity contribution in [2.75, 3.05) is 11.9 Å². The van der Waals surface area contributed by atoms with E-state index >= 15 is 0 Å². The van der Waals surface area contributed by atoms with Crippen LogP contribution in [0.4, 0.5) is 5.82 Å². The maximum absolute atomic E-state index is 9.16. The van der Waals surface area contributed by atoms with E-state index < -0.39 is 0 Å². The number of hydrogen-bond acceptors (Lipinski definition) is 3. The zero-order chi connectivity index (χ0) is 13.7. The van der Waals surface area contributed by atoms with Crippen molar-refractivity contribution >= 4 is 17.4 Å². The predicted molar refractivity (Wildman–Crippen MR) is 76.8 cm³/mol. The molecular weight excluding hydrogens is 248 g/mol. The summed E-state index contributed by atoms with van der Waals surface area (Å²) in [6, 6.07) is 1.81. The molecule has 0 atom stereocenters. The third-order valence-electron chi connectivity index (χ3n) is 3.34. The minimum atomic E-state index is -0.0617. The summed E-state index contributed by atoms with van der Waals surface area (Å²) in [6.07, 6.45) is 1.58. The lowest BCUT2D eigenvalue weighted by Crippen LogP contribution is -2.24. The summed E-state index contributed by atoms with van der Waals surface area (Å²) in [4.78, 5) is 4.22. The molecule has 0 fully saturated rings. The molecule has 0 spiro atoms. The highest BCUT2D eigenvalue weighted by molar-refractivity contribution is 6.31. The smallest absolute Gasteiger partial charge is 0.126 e. The van der Waals surface area contributed by atoms with Crippen molar-refractivity contribution in [3.05, 3.63) is 22.8 Å². The van der Waals surface area contributed by atoms with Crippen LogP contribution in [0.3, 0.4) is 0 Å². The van der Waals surface area contributed by atoms with Crippen molar-refractivity contribution in [3.8, 4) is 0 Å². The van der Waals surface area contributed by atoms with Gasteiger partial charge >= 0.3 is 0 Å². The molecule has 1 aromatic rings. The molecule has 18 heavy (non-hydrogen) atoms. The van der Waals surface area contributed by atoms with Gasteiger partial charge in [-0.25, -0.2) is 4.98 Å². The first-order chi connectivity index (χ1) is 8.45. The van der Waals surface area contributed by atoms with Crippen LogP contribution in [0.2, 0.25) is 5.02 Å². The molecule has 0 amide bonds. The maximum Gasteiger partial charge on any atom is 0.126 e. The second-order valence-electron chi connectivity index (χ2n) is 5.35. The first-order valence-corrected chi connectivity index (χ1v) is 6.82. The standard InChI is InChI=1S/C14H23ClN2O/c1-9(2)12(10(3)4)6-16-14-5-11(8-18)13(15)7-17-14/h5,7,9-10,12,18H,6,8H2,1-4H3,(H,16,17). The second-order valence-corrected chi connectivity index (χ2v) is 5.76. The van der Waals surface area contributed by atoms with Crippen LogP contribution in [0.25, 0.3) is 0 Å². The molecule has 3 nitrogen and oxygen atoms in total. The molecule has 0 saturated heterocycles. The Labute approximate surface area is 115 Å². The van der Waals surface area contributed by atoms with Gasteiger partial charge in [0.25, 0.3) is 0 Å². The molecule has 1 aromatic heterocycles. The number of aromatic nitrogens is 1. The lowest BCUT2D eigenvalue weighted by atomic mass is 9.85. The highest BCUT2D eigenvalue weighted by Crippen LogP contribution is 2.22. The van der Waals surface area contributed by atoms with Crippen molar-refractivity contribution in [2.45, 2.75) is 34.3 Å². The normalized spacial score (nSPS) is 11.6. The van der Waals surface area contributed by atoms with Gasteiger partial charge in [-0.3, -0.25) is 0 Å². The van der Waals surface area contributed by atoms with E-state index in [0.29, 0.717) is 28.3 Å². The zero-order valence-electron chi connectivity index (χ0n) is 11.6. The summed E-state index contributed by atoms with van der Waals surface area (Å²) < 4.78 is 0. The van der Waals surface area contributed by atoms with Gasteiger partial charge in [0.05, 0.1) is 11.6 Å². The van der Waals surface area contributed by atoms with Crippen molar-refractivity contribution < 1.29 is 5.11 Å². The molecule has 0 unspecified atom stereocenters. The van der Waals surface area contributed by atoms with E-state index in [1.165, 1.54) is 0 Å². The Hall–Kier alpha value is -0.800. The molecule has 1 rings (SSSR count). The first kappa shape index (κ1) is 15.3. The van der Waals surface area contributed by atoms with Gasteiger partial charge in [0.15, 0.2) is 0 Å². The first-order valence-electron chi connectivity index (χ1n) is 6.44. The summed E-state index contributed by atoms with van der Waals surface area (Å²) in [5.74, 6) is 2.62. The average Bonchev–Trinajstić information content (AvgIpc) is 2.30. The van der Waals surface area contributed by atoms with E-state index in [1.807, 2.05) is 0 Å². The lowest BCUT2D eigenvalue weighted by molar-refractivity contribution is 0.282. The molecule has 4 heteroatoms. The van der Waals surface area contributed by atoms with Crippen LogP contribution in [0.15, 0.2) is 12.3 Å². The van der Waals surface area contributed by atoms with E-state index in [1.54, 1.807) is 12.3 Å². The molecule has 0 radical (unpaired) electrons. The van der Waals surface area contributed by atoms with E-state index in [0.717, 1.165) is 12.4 Å². The summed E-state index contributed by atoms with van der Waals surface area (Å²) in [6.45, 7) is 9.77. The Balaban J connectivity index is 2.67. The van der Waals surface area contributed by atoms with Crippen molar-refractivity contribution in [3.63, 3.8) is 0 Å². The van der Waals surface area contributed by atoms with E-state index in [-0.39, 0.29) is 6.61 Å². The Bertz CT molecular complexity index is 372. The van der Waals surface area contributed by atoms with Gasteiger partial charge in [-0.2, -0.15) is 0 Å². The third-order valence-corrected chi connectivity index (χ3v) is 3.68. The molecule has 102 valence electrons. The van der Waals surface area contributed by atoms with Gasteiger partial charge < -0.3 is 10.4 Å². The van der Waals surface area contributed by atoms with Gasteiger partial charge in [0.2, 0.25) is 0 Å². The number of pyridine rings is 1. The maximum atomic E-state index is 9.16. The molecule has 0 aromatic carbocycles. The Morgan fingerprint density at radius 3 is 2.39 bits per heavy atom. The fourth-order valence-electron chi connectivity index (χ4n) is 2.16. The molecule has 0 aliphatic heterocycles. The van der Waals surface area contributed by atoms with Crippen LogP contribution < -0.4 is 5.32 Å².